The molecule has 1 aliphatic carbocycles. The largest absolute Gasteiger partial charge is 0.396 e. The fourth-order valence-electron chi connectivity index (χ4n) is 4.31. The molecule has 0 saturated heterocycles. The number of rotatable bonds is 7. The minimum absolute atomic E-state index is 0.0190. The van der Waals surface area contributed by atoms with Crippen LogP contribution in [0, 0.1) is 23.2 Å². The van der Waals surface area contributed by atoms with Crippen molar-refractivity contribution >= 4 is 5.91 Å². The topological polar surface area (TPSA) is 62.2 Å². The van der Waals surface area contributed by atoms with Crippen LogP contribution in [0.25, 0.3) is 0 Å². The highest BCUT2D eigenvalue weighted by Gasteiger charge is 2.32. The molecule has 4 nitrogen and oxygen atoms in total. The third kappa shape index (κ3) is 6.23. The Balaban J connectivity index is 1.77. The molecule has 24 heavy (non-hydrogen) atoms. The van der Waals surface area contributed by atoms with Crippen LogP contribution in [0.15, 0.2) is 24.4 Å². The van der Waals surface area contributed by atoms with E-state index in [-0.39, 0.29) is 18.4 Å². The summed E-state index contributed by atoms with van der Waals surface area (Å²) in [5.74, 6) is 1.31. The molecule has 1 aromatic rings. The third-order valence-electron chi connectivity index (χ3n) is 5.02. The summed E-state index contributed by atoms with van der Waals surface area (Å²) in [6.07, 6.45) is 6.58. The summed E-state index contributed by atoms with van der Waals surface area (Å²) in [6, 6.07) is 5.78. The molecule has 1 fully saturated rings. The van der Waals surface area contributed by atoms with Gasteiger partial charge in [-0.2, -0.15) is 0 Å². The third-order valence-corrected chi connectivity index (χ3v) is 5.02. The van der Waals surface area contributed by atoms with Crippen LogP contribution in [0.2, 0.25) is 0 Å². The van der Waals surface area contributed by atoms with Gasteiger partial charge in [-0.1, -0.05) is 26.8 Å². The summed E-state index contributed by atoms with van der Waals surface area (Å²) in [4.78, 5) is 16.6. The van der Waals surface area contributed by atoms with Gasteiger partial charge in [-0.15, -0.1) is 0 Å². The molecule has 3 atom stereocenters. The number of aromatic nitrogens is 1. The maximum atomic E-state index is 12.3. The number of carbonyl (C=O) groups excluding carboxylic acids is 1. The van der Waals surface area contributed by atoms with Gasteiger partial charge in [-0.05, 0) is 55.1 Å². The fourth-order valence-corrected chi connectivity index (χ4v) is 4.31. The Morgan fingerprint density at radius 1 is 1.42 bits per heavy atom. The second kappa shape index (κ2) is 8.61. The van der Waals surface area contributed by atoms with Gasteiger partial charge >= 0.3 is 0 Å². The highest BCUT2D eigenvalue weighted by molar-refractivity contribution is 5.76. The van der Waals surface area contributed by atoms with Crippen molar-refractivity contribution in [2.75, 3.05) is 13.2 Å². The zero-order chi connectivity index (χ0) is 17.6. The summed E-state index contributed by atoms with van der Waals surface area (Å²) >= 11 is 0. The van der Waals surface area contributed by atoms with Crippen molar-refractivity contribution in [2.45, 2.75) is 52.9 Å². The summed E-state index contributed by atoms with van der Waals surface area (Å²) in [7, 11) is 0. The zero-order valence-corrected chi connectivity index (χ0v) is 15.3. The molecule has 1 amide bonds. The second-order valence-corrected chi connectivity index (χ2v) is 8.36. The number of carbonyl (C=O) groups is 1. The van der Waals surface area contributed by atoms with E-state index in [1.165, 1.54) is 6.42 Å². The van der Waals surface area contributed by atoms with Gasteiger partial charge in [0.25, 0.3) is 0 Å². The number of hydrogen-bond acceptors (Lipinski definition) is 3. The summed E-state index contributed by atoms with van der Waals surface area (Å²) in [6.45, 7) is 7.48. The Morgan fingerprint density at radius 2 is 2.21 bits per heavy atom. The minimum atomic E-state index is 0.0190. The molecule has 0 aliphatic heterocycles. The van der Waals surface area contributed by atoms with Crippen LogP contribution in [-0.2, 0) is 11.2 Å². The van der Waals surface area contributed by atoms with Crippen molar-refractivity contribution in [1.82, 2.24) is 10.3 Å². The predicted octanol–water partition coefficient (Wildman–Crippen LogP) is 3.20. The van der Waals surface area contributed by atoms with Crippen LogP contribution in [-0.4, -0.2) is 29.1 Å². The average Bonchev–Trinajstić information content (AvgIpc) is 2.50. The second-order valence-electron chi connectivity index (χ2n) is 8.36. The molecule has 2 N–H and O–H groups in total. The van der Waals surface area contributed by atoms with Gasteiger partial charge in [0, 0.05) is 37.4 Å². The van der Waals surface area contributed by atoms with Gasteiger partial charge < -0.3 is 10.4 Å². The molecule has 1 aromatic heterocycles. The van der Waals surface area contributed by atoms with Crippen LogP contribution >= 0.6 is 0 Å². The van der Waals surface area contributed by atoms with Crippen molar-refractivity contribution < 1.29 is 9.90 Å². The molecule has 3 unspecified atom stereocenters. The van der Waals surface area contributed by atoms with E-state index in [0.29, 0.717) is 36.6 Å². The standard InChI is InChI=1S/C20H32N2O2/c1-15-8-16(12-20(2,3)11-15)10-19(24)22-13-17(14-23)9-18-6-4-5-7-21-18/h4-7,15-17,23H,8-14H2,1-3H3,(H,22,24). The first-order valence-corrected chi connectivity index (χ1v) is 9.15. The Hall–Kier alpha value is -1.42. The average molecular weight is 332 g/mol. The molecule has 1 heterocycles. The van der Waals surface area contributed by atoms with Crippen molar-refractivity contribution in [3.8, 4) is 0 Å². The number of nitrogens with zero attached hydrogens (tertiary/aromatic N) is 1. The molecular formula is C20H32N2O2. The molecule has 134 valence electrons. The van der Waals surface area contributed by atoms with Crippen LogP contribution in [0.3, 0.4) is 0 Å². The normalized spacial score (nSPS) is 24.3. The van der Waals surface area contributed by atoms with E-state index in [1.54, 1.807) is 6.20 Å². The first-order chi connectivity index (χ1) is 11.4. The molecule has 0 bridgehead atoms. The minimum Gasteiger partial charge on any atom is -0.396 e. The Morgan fingerprint density at radius 3 is 2.83 bits per heavy atom. The molecular weight excluding hydrogens is 300 g/mol. The Bertz CT molecular complexity index is 516. The van der Waals surface area contributed by atoms with E-state index >= 15 is 0 Å². The van der Waals surface area contributed by atoms with Crippen LogP contribution in [0.5, 0.6) is 0 Å². The maximum absolute atomic E-state index is 12.3. The Labute approximate surface area is 146 Å². The van der Waals surface area contributed by atoms with E-state index in [0.717, 1.165) is 18.5 Å². The number of nitrogens with one attached hydrogen (secondary N) is 1. The SMILES string of the molecule is CC1CC(CC(=O)NCC(CO)Cc2ccccn2)CC(C)(C)C1. The smallest absolute Gasteiger partial charge is 0.220 e. The molecule has 0 aromatic carbocycles. The Kier molecular flexibility index (Phi) is 6.79. The van der Waals surface area contributed by atoms with Crippen molar-refractivity contribution in [3.63, 3.8) is 0 Å². The number of pyridine rings is 1. The first-order valence-electron chi connectivity index (χ1n) is 9.15. The fraction of sp³-hybridized carbons (Fsp3) is 0.700. The van der Waals surface area contributed by atoms with Crippen molar-refractivity contribution in [2.24, 2.45) is 23.2 Å². The van der Waals surface area contributed by atoms with Gasteiger partial charge in [0.1, 0.15) is 0 Å². The quantitative estimate of drug-likeness (QED) is 0.806. The monoisotopic (exact) mass is 332 g/mol. The molecule has 0 spiro atoms. The lowest BCUT2D eigenvalue weighted by Crippen LogP contribution is -2.35. The number of aliphatic hydroxyl groups excluding tert-OH is 1. The maximum Gasteiger partial charge on any atom is 0.220 e. The van der Waals surface area contributed by atoms with E-state index in [1.807, 2.05) is 18.2 Å². The van der Waals surface area contributed by atoms with Gasteiger partial charge in [0.05, 0.1) is 0 Å². The summed E-state index contributed by atoms with van der Waals surface area (Å²) < 4.78 is 0. The summed E-state index contributed by atoms with van der Waals surface area (Å²) in [5.41, 5.74) is 1.29. The predicted molar refractivity (Wildman–Crippen MR) is 96.4 cm³/mol. The zero-order valence-electron chi connectivity index (χ0n) is 15.3. The van der Waals surface area contributed by atoms with E-state index < -0.39 is 0 Å². The van der Waals surface area contributed by atoms with Gasteiger partial charge in [0.2, 0.25) is 5.91 Å². The number of aliphatic hydroxyl groups is 1. The van der Waals surface area contributed by atoms with E-state index in [2.05, 4.69) is 31.1 Å². The van der Waals surface area contributed by atoms with Gasteiger partial charge in [-0.3, -0.25) is 9.78 Å². The van der Waals surface area contributed by atoms with Crippen molar-refractivity contribution in [3.05, 3.63) is 30.1 Å². The van der Waals surface area contributed by atoms with Crippen LogP contribution < -0.4 is 5.32 Å². The highest BCUT2D eigenvalue weighted by Crippen LogP contribution is 2.42. The van der Waals surface area contributed by atoms with E-state index in [9.17, 15) is 9.90 Å². The van der Waals surface area contributed by atoms with Gasteiger partial charge in [0.15, 0.2) is 0 Å². The number of amides is 1. The number of hydrogen-bond donors (Lipinski definition) is 2. The lowest BCUT2D eigenvalue weighted by atomic mass is 9.67. The van der Waals surface area contributed by atoms with E-state index in [4.69, 9.17) is 0 Å². The van der Waals surface area contributed by atoms with Crippen molar-refractivity contribution in [1.29, 1.82) is 0 Å². The molecule has 4 heteroatoms. The van der Waals surface area contributed by atoms with Crippen LogP contribution in [0.1, 0.15) is 52.1 Å². The highest BCUT2D eigenvalue weighted by atomic mass is 16.3. The lowest BCUT2D eigenvalue weighted by Gasteiger charge is -2.38. The summed E-state index contributed by atoms with van der Waals surface area (Å²) in [5, 5.41) is 12.6. The molecule has 2 rings (SSSR count). The van der Waals surface area contributed by atoms with Crippen LogP contribution in [0.4, 0.5) is 0 Å². The molecule has 1 saturated carbocycles. The first kappa shape index (κ1) is 18.9. The molecule has 0 radical (unpaired) electrons. The lowest BCUT2D eigenvalue weighted by molar-refractivity contribution is -0.122. The van der Waals surface area contributed by atoms with Gasteiger partial charge in [-0.25, -0.2) is 0 Å². The molecule has 1 aliphatic rings.